The zero-order valence-electron chi connectivity index (χ0n) is 15.5. The van der Waals surface area contributed by atoms with E-state index in [-0.39, 0.29) is 29.5 Å². The number of phenolic OH excluding ortho intramolecular Hbond substituents is 1. The normalized spacial score (nSPS) is 19.4. The minimum Gasteiger partial charge on any atom is -0.508 e. The molecule has 1 atom stereocenters. The standard InChI is InChI=1S/C20H22N2O5/c1-20(2)5-4-15-13-7-17(23)11(10-27-3)6-12(13)16-8-18(24)14(19(25)26)9-21(16)22(15)20/h6-9,15,23H,4-5,10H2,1-3H3,(H,25,26)/t15-/m1/s1. The number of aromatic nitrogens is 1. The van der Waals surface area contributed by atoms with Gasteiger partial charge in [0.2, 0.25) is 0 Å². The first-order chi connectivity index (χ1) is 12.7. The predicted octanol–water partition coefficient (Wildman–Crippen LogP) is 2.63. The number of carboxylic acid groups (broad SMARTS) is 1. The summed E-state index contributed by atoms with van der Waals surface area (Å²) in [6.07, 6.45) is 3.20. The topological polar surface area (TPSA) is 92.0 Å². The molecule has 3 heterocycles. The van der Waals surface area contributed by atoms with Gasteiger partial charge in [0.1, 0.15) is 11.3 Å². The van der Waals surface area contributed by atoms with Crippen molar-refractivity contribution in [2.75, 3.05) is 12.1 Å². The van der Waals surface area contributed by atoms with E-state index >= 15 is 0 Å². The van der Waals surface area contributed by atoms with Crippen molar-refractivity contribution in [2.24, 2.45) is 0 Å². The van der Waals surface area contributed by atoms with E-state index in [2.05, 4.69) is 18.9 Å². The number of carboxylic acids is 1. The summed E-state index contributed by atoms with van der Waals surface area (Å²) < 4.78 is 6.97. The molecule has 0 radical (unpaired) electrons. The Kier molecular flexibility index (Phi) is 3.82. The fourth-order valence-corrected chi connectivity index (χ4v) is 4.36. The molecule has 1 aromatic heterocycles. The van der Waals surface area contributed by atoms with Crippen LogP contribution in [0.5, 0.6) is 5.75 Å². The van der Waals surface area contributed by atoms with Crippen LogP contribution in [0.15, 0.2) is 29.2 Å². The van der Waals surface area contributed by atoms with Crippen LogP contribution in [-0.2, 0) is 11.3 Å². The lowest BCUT2D eigenvalue weighted by Gasteiger charge is -2.44. The molecule has 0 unspecified atom stereocenters. The largest absolute Gasteiger partial charge is 0.508 e. The van der Waals surface area contributed by atoms with E-state index in [4.69, 9.17) is 4.74 Å². The molecular weight excluding hydrogens is 348 g/mol. The van der Waals surface area contributed by atoms with Crippen molar-refractivity contribution in [3.63, 3.8) is 0 Å². The number of nitrogens with zero attached hydrogens (tertiary/aromatic N) is 2. The maximum absolute atomic E-state index is 12.4. The highest BCUT2D eigenvalue weighted by Crippen LogP contribution is 2.49. The molecule has 142 valence electrons. The molecule has 4 rings (SSSR count). The molecule has 2 aliphatic rings. The van der Waals surface area contributed by atoms with Gasteiger partial charge in [0.25, 0.3) is 0 Å². The molecule has 2 aromatic rings. The summed E-state index contributed by atoms with van der Waals surface area (Å²) in [7, 11) is 1.55. The van der Waals surface area contributed by atoms with Crippen molar-refractivity contribution < 1.29 is 19.7 Å². The van der Waals surface area contributed by atoms with Crippen molar-refractivity contribution in [1.82, 2.24) is 4.68 Å². The third kappa shape index (κ3) is 2.53. The molecule has 7 heteroatoms. The maximum atomic E-state index is 12.4. The van der Waals surface area contributed by atoms with Gasteiger partial charge in [0.05, 0.1) is 23.9 Å². The smallest absolute Gasteiger partial charge is 0.341 e. The minimum atomic E-state index is -1.24. The summed E-state index contributed by atoms with van der Waals surface area (Å²) in [6, 6.07) is 4.96. The highest BCUT2D eigenvalue weighted by Gasteiger charge is 2.45. The van der Waals surface area contributed by atoms with Crippen molar-refractivity contribution >= 4 is 5.97 Å². The lowest BCUT2D eigenvalue weighted by molar-refractivity contribution is 0.0694. The second kappa shape index (κ2) is 5.85. The number of benzene rings is 1. The Bertz CT molecular complexity index is 1010. The highest BCUT2D eigenvalue weighted by atomic mass is 16.5. The molecule has 2 N–H and O–H groups in total. The van der Waals surface area contributed by atoms with Gasteiger partial charge in [-0.2, -0.15) is 0 Å². The van der Waals surface area contributed by atoms with Crippen molar-refractivity contribution in [2.45, 2.75) is 44.9 Å². The van der Waals surface area contributed by atoms with Crippen molar-refractivity contribution in [3.8, 4) is 17.0 Å². The zero-order valence-corrected chi connectivity index (χ0v) is 15.5. The molecule has 27 heavy (non-hydrogen) atoms. The summed E-state index contributed by atoms with van der Waals surface area (Å²) in [5.41, 5.74) is 2.03. The first kappa shape index (κ1) is 17.6. The number of carbonyl (C=O) groups is 1. The second-order valence-electron chi connectivity index (χ2n) is 7.80. The van der Waals surface area contributed by atoms with Crippen LogP contribution >= 0.6 is 0 Å². The maximum Gasteiger partial charge on any atom is 0.341 e. The average Bonchev–Trinajstić information content (AvgIpc) is 2.91. The van der Waals surface area contributed by atoms with E-state index in [1.807, 2.05) is 6.07 Å². The Morgan fingerprint density at radius 1 is 1.33 bits per heavy atom. The summed E-state index contributed by atoms with van der Waals surface area (Å²) in [6.45, 7) is 4.44. The molecular formula is C20H22N2O5. The van der Waals surface area contributed by atoms with E-state index in [1.54, 1.807) is 17.9 Å². The van der Waals surface area contributed by atoms with E-state index in [1.165, 1.54) is 12.3 Å². The van der Waals surface area contributed by atoms with Crippen molar-refractivity contribution in [1.29, 1.82) is 0 Å². The number of pyridine rings is 1. The third-order valence-corrected chi connectivity index (χ3v) is 5.62. The van der Waals surface area contributed by atoms with E-state index in [9.17, 15) is 19.8 Å². The number of aromatic carboxylic acids is 1. The number of fused-ring (bicyclic) bond motifs is 6. The summed E-state index contributed by atoms with van der Waals surface area (Å²) >= 11 is 0. The van der Waals surface area contributed by atoms with E-state index in [0.29, 0.717) is 11.3 Å². The summed E-state index contributed by atoms with van der Waals surface area (Å²) in [5.74, 6) is -1.07. The zero-order chi connectivity index (χ0) is 19.5. The van der Waals surface area contributed by atoms with Gasteiger partial charge in [-0.25, -0.2) is 4.79 Å². The Hall–Kier alpha value is -2.80. The molecule has 7 nitrogen and oxygen atoms in total. The molecule has 1 fully saturated rings. The third-order valence-electron chi connectivity index (χ3n) is 5.62. The number of methoxy groups -OCH3 is 1. The van der Waals surface area contributed by atoms with Crippen LogP contribution in [0.3, 0.4) is 0 Å². The number of hydrogen-bond acceptors (Lipinski definition) is 5. The number of ether oxygens (including phenoxy) is 1. The highest BCUT2D eigenvalue weighted by molar-refractivity contribution is 5.88. The Morgan fingerprint density at radius 3 is 2.74 bits per heavy atom. The molecule has 2 aliphatic heterocycles. The SMILES string of the molecule is COCc1cc2c(cc1O)[C@H]1CCC(C)(C)N1n1cc(C(=O)O)c(=O)cc1-2. The van der Waals surface area contributed by atoms with Gasteiger partial charge in [0.15, 0.2) is 5.43 Å². The summed E-state index contributed by atoms with van der Waals surface area (Å²) in [4.78, 5) is 23.9. The number of rotatable bonds is 3. The number of hydrogen-bond donors (Lipinski definition) is 2. The Morgan fingerprint density at radius 2 is 2.07 bits per heavy atom. The van der Waals surface area contributed by atoms with Crippen LogP contribution in [-0.4, -0.2) is 33.5 Å². The fraction of sp³-hybridized carbons (Fsp3) is 0.400. The van der Waals surface area contributed by atoms with Crippen LogP contribution < -0.4 is 10.4 Å². The predicted molar refractivity (Wildman–Crippen MR) is 99.7 cm³/mol. The van der Waals surface area contributed by atoms with Crippen molar-refractivity contribution in [3.05, 3.63) is 51.3 Å². The van der Waals surface area contributed by atoms with Gasteiger partial charge in [-0.3, -0.25) is 14.5 Å². The Labute approximate surface area is 156 Å². The van der Waals surface area contributed by atoms with Crippen LogP contribution in [0.25, 0.3) is 11.3 Å². The van der Waals surface area contributed by atoms with Gasteiger partial charge >= 0.3 is 5.97 Å². The lowest BCUT2D eigenvalue weighted by Crippen LogP contribution is -2.50. The van der Waals surface area contributed by atoms with Gasteiger partial charge in [0, 0.05) is 30.5 Å². The monoisotopic (exact) mass is 370 g/mol. The van der Waals surface area contributed by atoms with Crippen LogP contribution in [0.4, 0.5) is 0 Å². The first-order valence-electron chi connectivity index (χ1n) is 8.89. The van der Waals surface area contributed by atoms with Crippen LogP contribution in [0.2, 0.25) is 0 Å². The number of phenols is 1. The quantitative estimate of drug-likeness (QED) is 0.863. The molecule has 0 amide bonds. The fourth-order valence-electron chi connectivity index (χ4n) is 4.36. The molecule has 0 saturated carbocycles. The average molecular weight is 370 g/mol. The summed E-state index contributed by atoms with van der Waals surface area (Å²) in [5, 5.41) is 21.9. The van der Waals surface area contributed by atoms with Gasteiger partial charge < -0.3 is 14.9 Å². The van der Waals surface area contributed by atoms with Gasteiger partial charge in [-0.1, -0.05) is 0 Å². The van der Waals surface area contributed by atoms with Gasteiger partial charge in [-0.15, -0.1) is 0 Å². The molecule has 0 spiro atoms. The second-order valence-corrected chi connectivity index (χ2v) is 7.80. The van der Waals surface area contributed by atoms with Crippen LogP contribution in [0, 0.1) is 0 Å². The minimum absolute atomic E-state index is 0.00542. The molecule has 0 aliphatic carbocycles. The van der Waals surface area contributed by atoms with Gasteiger partial charge in [-0.05, 0) is 44.4 Å². The lowest BCUT2D eigenvalue weighted by atomic mass is 9.92. The molecule has 1 aromatic carbocycles. The Balaban J connectivity index is 2.04. The first-order valence-corrected chi connectivity index (χ1v) is 8.89. The molecule has 1 saturated heterocycles. The van der Waals surface area contributed by atoms with E-state index in [0.717, 1.165) is 24.0 Å². The molecule has 0 bridgehead atoms. The number of aromatic hydroxyl groups is 1. The van der Waals surface area contributed by atoms with Crippen LogP contribution in [0.1, 0.15) is 54.2 Å². The van der Waals surface area contributed by atoms with E-state index < -0.39 is 11.4 Å².